The summed E-state index contributed by atoms with van der Waals surface area (Å²) < 4.78 is 0. The highest BCUT2D eigenvalue weighted by molar-refractivity contribution is 5.77. The highest BCUT2D eigenvalue weighted by Crippen LogP contribution is 2.26. The molecule has 0 aromatic rings. The van der Waals surface area contributed by atoms with Gasteiger partial charge in [0.2, 0.25) is 5.91 Å². The lowest BCUT2D eigenvalue weighted by molar-refractivity contribution is -0.156. The van der Waals surface area contributed by atoms with Crippen LogP contribution < -0.4 is 0 Å². The van der Waals surface area contributed by atoms with E-state index in [4.69, 9.17) is 0 Å². The molecule has 0 aromatic carbocycles. The molecule has 0 bridgehead atoms. The number of rotatable bonds is 7. The van der Waals surface area contributed by atoms with E-state index in [0.717, 1.165) is 25.7 Å². The molecule has 0 unspecified atom stereocenters. The van der Waals surface area contributed by atoms with E-state index in [1.165, 1.54) is 12.8 Å². The Balaban J connectivity index is 2.12. The maximum atomic E-state index is 11.7. The topological polar surface area (TPSA) is 40.5 Å². The average molecular weight is 227 g/mol. The van der Waals surface area contributed by atoms with Gasteiger partial charge in [0.25, 0.3) is 0 Å². The van der Waals surface area contributed by atoms with Crippen molar-refractivity contribution in [2.45, 2.75) is 64.4 Å². The molecule has 0 radical (unpaired) electrons. The standard InChI is InChI=1S/C13H25NO2/c1-3-5-6-7-8-12(15)14-10-13(16,11-14)9-4-2/h16H,3-11H2,1-2H3. The van der Waals surface area contributed by atoms with Gasteiger partial charge in [-0.15, -0.1) is 0 Å². The zero-order chi connectivity index (χ0) is 12.0. The van der Waals surface area contributed by atoms with Gasteiger partial charge in [-0.25, -0.2) is 0 Å². The van der Waals surface area contributed by atoms with Gasteiger partial charge >= 0.3 is 0 Å². The first-order chi connectivity index (χ1) is 7.61. The molecular weight excluding hydrogens is 202 g/mol. The van der Waals surface area contributed by atoms with Gasteiger partial charge in [-0.1, -0.05) is 39.5 Å². The Bertz CT molecular complexity index is 222. The SMILES string of the molecule is CCCCCCC(=O)N1CC(O)(CCC)C1. The molecule has 1 fully saturated rings. The molecule has 3 nitrogen and oxygen atoms in total. The van der Waals surface area contributed by atoms with Crippen LogP contribution in [0.25, 0.3) is 0 Å². The van der Waals surface area contributed by atoms with Gasteiger partial charge in [-0.3, -0.25) is 4.79 Å². The number of hydrogen-bond acceptors (Lipinski definition) is 2. The average Bonchev–Trinajstić information content (AvgIpc) is 2.21. The predicted octanol–water partition coefficient (Wildman–Crippen LogP) is 2.33. The molecule has 1 N–H and O–H groups in total. The Morgan fingerprint density at radius 3 is 2.44 bits per heavy atom. The largest absolute Gasteiger partial charge is 0.386 e. The third-order valence-corrected chi connectivity index (χ3v) is 3.28. The Hall–Kier alpha value is -0.570. The van der Waals surface area contributed by atoms with E-state index in [9.17, 15) is 9.90 Å². The maximum absolute atomic E-state index is 11.7. The number of likely N-dealkylation sites (tertiary alicyclic amines) is 1. The van der Waals surface area contributed by atoms with Crippen LogP contribution in [0.5, 0.6) is 0 Å². The minimum absolute atomic E-state index is 0.219. The second-order valence-electron chi connectivity index (χ2n) is 5.03. The summed E-state index contributed by atoms with van der Waals surface area (Å²) in [6, 6.07) is 0. The molecule has 0 saturated carbocycles. The summed E-state index contributed by atoms with van der Waals surface area (Å²) in [5.74, 6) is 0.219. The fourth-order valence-electron chi connectivity index (χ4n) is 2.33. The molecular formula is C13H25NO2. The number of carbonyl (C=O) groups is 1. The van der Waals surface area contributed by atoms with E-state index in [0.29, 0.717) is 19.5 Å². The first-order valence-corrected chi connectivity index (χ1v) is 6.61. The molecule has 0 spiro atoms. The first-order valence-electron chi connectivity index (χ1n) is 6.61. The number of β-amino-alcohol motifs (C(OH)–C–C–N with tert-alkyl or cyclic N) is 1. The Kier molecular flexibility index (Phi) is 5.26. The monoisotopic (exact) mass is 227 g/mol. The third kappa shape index (κ3) is 3.78. The Morgan fingerprint density at radius 1 is 1.19 bits per heavy atom. The van der Waals surface area contributed by atoms with Crippen molar-refractivity contribution >= 4 is 5.91 Å². The molecule has 1 amide bonds. The lowest BCUT2D eigenvalue weighted by Gasteiger charge is -2.46. The molecule has 0 atom stereocenters. The highest BCUT2D eigenvalue weighted by atomic mass is 16.3. The molecule has 3 heteroatoms. The van der Waals surface area contributed by atoms with Crippen molar-refractivity contribution in [2.24, 2.45) is 0 Å². The van der Waals surface area contributed by atoms with Crippen LogP contribution >= 0.6 is 0 Å². The Labute approximate surface area is 98.8 Å². The van der Waals surface area contributed by atoms with Crippen molar-refractivity contribution < 1.29 is 9.90 Å². The van der Waals surface area contributed by atoms with Crippen molar-refractivity contribution in [1.29, 1.82) is 0 Å². The van der Waals surface area contributed by atoms with Crippen molar-refractivity contribution in [1.82, 2.24) is 4.90 Å². The second-order valence-corrected chi connectivity index (χ2v) is 5.03. The van der Waals surface area contributed by atoms with Crippen molar-refractivity contribution in [3.63, 3.8) is 0 Å². The normalized spacial score (nSPS) is 18.3. The minimum atomic E-state index is -0.576. The molecule has 1 aliphatic heterocycles. The predicted molar refractivity (Wildman–Crippen MR) is 65.2 cm³/mol. The van der Waals surface area contributed by atoms with E-state index in [1.807, 2.05) is 0 Å². The second kappa shape index (κ2) is 6.24. The number of amides is 1. The molecule has 0 aromatic heterocycles. The molecule has 16 heavy (non-hydrogen) atoms. The van der Waals surface area contributed by atoms with Crippen LogP contribution in [-0.4, -0.2) is 34.6 Å². The van der Waals surface area contributed by atoms with Gasteiger partial charge in [0.05, 0.1) is 18.7 Å². The first kappa shape index (κ1) is 13.5. The van der Waals surface area contributed by atoms with Crippen LogP contribution in [0, 0.1) is 0 Å². The summed E-state index contributed by atoms with van der Waals surface area (Å²) in [6.45, 7) is 5.33. The van der Waals surface area contributed by atoms with Crippen LogP contribution in [-0.2, 0) is 4.79 Å². The fraction of sp³-hybridized carbons (Fsp3) is 0.923. The van der Waals surface area contributed by atoms with Crippen molar-refractivity contribution in [3.8, 4) is 0 Å². The summed E-state index contributed by atoms with van der Waals surface area (Å²) in [7, 11) is 0. The van der Waals surface area contributed by atoms with Crippen LogP contribution in [0.3, 0.4) is 0 Å². The van der Waals surface area contributed by atoms with Crippen LogP contribution in [0.4, 0.5) is 0 Å². The Morgan fingerprint density at radius 2 is 1.88 bits per heavy atom. The van der Waals surface area contributed by atoms with Crippen molar-refractivity contribution in [3.05, 3.63) is 0 Å². The summed E-state index contributed by atoms with van der Waals surface area (Å²) >= 11 is 0. The van der Waals surface area contributed by atoms with E-state index >= 15 is 0 Å². The highest BCUT2D eigenvalue weighted by Gasteiger charge is 2.42. The minimum Gasteiger partial charge on any atom is -0.386 e. The summed E-state index contributed by atoms with van der Waals surface area (Å²) in [5, 5.41) is 9.95. The third-order valence-electron chi connectivity index (χ3n) is 3.28. The van der Waals surface area contributed by atoms with Gasteiger partial charge in [0.15, 0.2) is 0 Å². The van der Waals surface area contributed by atoms with E-state index in [1.54, 1.807) is 4.90 Å². The number of carbonyl (C=O) groups excluding carboxylic acids is 1. The van der Waals surface area contributed by atoms with Gasteiger partial charge in [0.1, 0.15) is 0 Å². The lowest BCUT2D eigenvalue weighted by atomic mass is 9.89. The quantitative estimate of drug-likeness (QED) is 0.678. The summed E-state index contributed by atoms with van der Waals surface area (Å²) in [6.07, 6.45) is 7.01. The summed E-state index contributed by atoms with van der Waals surface area (Å²) in [4.78, 5) is 13.5. The van der Waals surface area contributed by atoms with Gasteiger partial charge in [-0.05, 0) is 12.8 Å². The number of aliphatic hydroxyl groups is 1. The van der Waals surface area contributed by atoms with Crippen molar-refractivity contribution in [2.75, 3.05) is 13.1 Å². The van der Waals surface area contributed by atoms with E-state index in [-0.39, 0.29) is 5.91 Å². The van der Waals surface area contributed by atoms with Crippen LogP contribution in [0.15, 0.2) is 0 Å². The molecule has 1 saturated heterocycles. The zero-order valence-corrected chi connectivity index (χ0v) is 10.7. The van der Waals surface area contributed by atoms with Gasteiger partial charge in [-0.2, -0.15) is 0 Å². The molecule has 1 heterocycles. The molecule has 0 aliphatic carbocycles. The lowest BCUT2D eigenvalue weighted by Crippen LogP contribution is -2.63. The molecule has 1 aliphatic rings. The van der Waals surface area contributed by atoms with E-state index in [2.05, 4.69) is 13.8 Å². The molecule has 1 rings (SSSR count). The van der Waals surface area contributed by atoms with E-state index < -0.39 is 5.60 Å². The smallest absolute Gasteiger partial charge is 0.222 e. The fourth-order valence-corrected chi connectivity index (χ4v) is 2.33. The zero-order valence-electron chi connectivity index (χ0n) is 10.7. The number of nitrogens with zero attached hydrogens (tertiary/aromatic N) is 1. The molecule has 94 valence electrons. The summed E-state index contributed by atoms with van der Waals surface area (Å²) in [5.41, 5.74) is -0.576. The maximum Gasteiger partial charge on any atom is 0.222 e. The van der Waals surface area contributed by atoms with Crippen LogP contribution in [0.1, 0.15) is 58.8 Å². The number of unbranched alkanes of at least 4 members (excludes halogenated alkanes) is 3. The van der Waals surface area contributed by atoms with Gasteiger partial charge in [0, 0.05) is 6.42 Å². The van der Waals surface area contributed by atoms with Crippen LogP contribution in [0.2, 0.25) is 0 Å². The number of hydrogen-bond donors (Lipinski definition) is 1. The van der Waals surface area contributed by atoms with Gasteiger partial charge < -0.3 is 10.0 Å².